The molecule has 2 rings (SSSR count). The summed E-state index contributed by atoms with van der Waals surface area (Å²) in [4.78, 5) is 7.46. The Hall–Kier alpha value is -1.83. The highest BCUT2D eigenvalue weighted by molar-refractivity contribution is 5.81. The molecule has 0 aliphatic heterocycles. The smallest absolute Gasteiger partial charge is 0.0929 e. The van der Waals surface area contributed by atoms with Gasteiger partial charge in [0.25, 0.3) is 0 Å². The van der Waals surface area contributed by atoms with Crippen LogP contribution < -0.4 is 0 Å². The molecule has 0 atom stereocenters. The molecule has 0 spiro atoms. The predicted molar refractivity (Wildman–Crippen MR) is 72.8 cm³/mol. The molecule has 0 saturated heterocycles. The number of nitrogens with one attached hydrogen (secondary N) is 1. The van der Waals surface area contributed by atoms with Gasteiger partial charge in [-0.05, 0) is 56.0 Å². The van der Waals surface area contributed by atoms with Crippen LogP contribution in [0, 0.1) is 20.8 Å². The maximum atomic E-state index is 4.35. The quantitative estimate of drug-likeness (QED) is 0.826. The van der Waals surface area contributed by atoms with Crippen molar-refractivity contribution in [2.24, 2.45) is 0 Å². The van der Waals surface area contributed by atoms with Gasteiger partial charge in [0.05, 0.1) is 12.0 Å². The third-order valence-corrected chi connectivity index (χ3v) is 3.11. The second-order valence-corrected chi connectivity index (χ2v) is 4.51. The van der Waals surface area contributed by atoms with Crippen LogP contribution in [0.4, 0.5) is 0 Å². The number of aromatic nitrogens is 2. The van der Waals surface area contributed by atoms with Crippen LogP contribution in [-0.4, -0.2) is 9.97 Å². The van der Waals surface area contributed by atoms with Crippen molar-refractivity contribution in [3.05, 3.63) is 52.6 Å². The molecule has 0 radical (unpaired) electrons. The monoisotopic (exact) mass is 226 g/mol. The first-order chi connectivity index (χ1) is 8.09. The first kappa shape index (κ1) is 11.6. The molecule has 2 nitrogen and oxygen atoms in total. The van der Waals surface area contributed by atoms with E-state index in [4.69, 9.17) is 0 Å². The highest BCUT2D eigenvalue weighted by atomic mass is 14.9. The SMILES string of the molecule is CC(=Cc1c(C)cccc1C)c1nc[nH]c1C. The number of imidazole rings is 1. The largest absolute Gasteiger partial charge is 0.348 e. The van der Waals surface area contributed by atoms with Gasteiger partial charge in [0.15, 0.2) is 0 Å². The lowest BCUT2D eigenvalue weighted by atomic mass is 9.99. The summed E-state index contributed by atoms with van der Waals surface area (Å²) in [5, 5.41) is 0. The molecule has 2 aromatic rings. The molecule has 1 N–H and O–H groups in total. The Balaban J connectivity index is 2.47. The number of H-pyrrole nitrogens is 1. The van der Waals surface area contributed by atoms with Crippen LogP contribution in [0.1, 0.15) is 35.0 Å². The molecule has 2 heteroatoms. The molecule has 1 aromatic heterocycles. The number of hydrogen-bond acceptors (Lipinski definition) is 1. The van der Waals surface area contributed by atoms with E-state index in [0.717, 1.165) is 11.4 Å². The summed E-state index contributed by atoms with van der Waals surface area (Å²) in [6.45, 7) is 8.44. The summed E-state index contributed by atoms with van der Waals surface area (Å²) >= 11 is 0. The van der Waals surface area contributed by atoms with Crippen LogP contribution in [0.5, 0.6) is 0 Å². The van der Waals surface area contributed by atoms with Crippen LogP contribution in [-0.2, 0) is 0 Å². The van der Waals surface area contributed by atoms with Crippen LogP contribution in [0.25, 0.3) is 11.6 Å². The summed E-state index contributed by atoms with van der Waals surface area (Å²) in [6, 6.07) is 6.38. The van der Waals surface area contributed by atoms with E-state index in [-0.39, 0.29) is 0 Å². The van der Waals surface area contributed by atoms with Crippen molar-refractivity contribution >= 4 is 11.6 Å². The number of hydrogen-bond donors (Lipinski definition) is 1. The lowest BCUT2D eigenvalue weighted by Crippen LogP contribution is -1.89. The number of rotatable bonds is 2. The van der Waals surface area contributed by atoms with Crippen molar-refractivity contribution in [3.63, 3.8) is 0 Å². The van der Waals surface area contributed by atoms with Crippen molar-refractivity contribution in [2.75, 3.05) is 0 Å². The zero-order valence-electron chi connectivity index (χ0n) is 10.8. The van der Waals surface area contributed by atoms with E-state index in [1.807, 2.05) is 6.92 Å². The Morgan fingerprint density at radius 3 is 2.35 bits per heavy atom. The Labute approximate surface area is 102 Å². The third kappa shape index (κ3) is 2.31. The van der Waals surface area contributed by atoms with Crippen molar-refractivity contribution in [3.8, 4) is 0 Å². The predicted octanol–water partition coefficient (Wildman–Crippen LogP) is 3.90. The molecule has 88 valence electrons. The van der Waals surface area contributed by atoms with Crippen molar-refractivity contribution in [2.45, 2.75) is 27.7 Å². The summed E-state index contributed by atoms with van der Waals surface area (Å²) in [6.07, 6.45) is 3.96. The summed E-state index contributed by atoms with van der Waals surface area (Å²) in [5.74, 6) is 0. The molecule has 0 aliphatic carbocycles. The zero-order chi connectivity index (χ0) is 12.4. The van der Waals surface area contributed by atoms with Gasteiger partial charge in [0.1, 0.15) is 0 Å². The van der Waals surface area contributed by atoms with Crippen LogP contribution in [0.3, 0.4) is 0 Å². The lowest BCUT2D eigenvalue weighted by molar-refractivity contribution is 1.25. The maximum Gasteiger partial charge on any atom is 0.0929 e. The van der Waals surface area contributed by atoms with Crippen molar-refractivity contribution < 1.29 is 0 Å². The number of benzene rings is 1. The molecule has 0 saturated carbocycles. The fourth-order valence-corrected chi connectivity index (χ4v) is 2.10. The van der Waals surface area contributed by atoms with Gasteiger partial charge in [-0.1, -0.05) is 18.2 Å². The number of aryl methyl sites for hydroxylation is 3. The Kier molecular flexibility index (Phi) is 3.14. The van der Waals surface area contributed by atoms with E-state index in [0.29, 0.717) is 0 Å². The zero-order valence-corrected chi connectivity index (χ0v) is 10.8. The second kappa shape index (κ2) is 4.58. The molecule has 0 fully saturated rings. The highest BCUT2D eigenvalue weighted by Crippen LogP contribution is 2.22. The van der Waals surface area contributed by atoms with Gasteiger partial charge < -0.3 is 4.98 Å². The topological polar surface area (TPSA) is 28.7 Å². The molecule has 17 heavy (non-hydrogen) atoms. The minimum Gasteiger partial charge on any atom is -0.348 e. The highest BCUT2D eigenvalue weighted by Gasteiger charge is 2.05. The average Bonchev–Trinajstić information content (AvgIpc) is 2.70. The normalized spacial score (nSPS) is 11.9. The second-order valence-electron chi connectivity index (χ2n) is 4.51. The first-order valence-corrected chi connectivity index (χ1v) is 5.84. The Bertz CT molecular complexity index is 542. The van der Waals surface area contributed by atoms with E-state index in [2.05, 4.69) is 55.0 Å². The third-order valence-electron chi connectivity index (χ3n) is 3.11. The van der Waals surface area contributed by atoms with Gasteiger partial charge in [-0.15, -0.1) is 0 Å². The summed E-state index contributed by atoms with van der Waals surface area (Å²) < 4.78 is 0. The van der Waals surface area contributed by atoms with Gasteiger partial charge in [0, 0.05) is 5.69 Å². The van der Waals surface area contributed by atoms with Crippen LogP contribution >= 0.6 is 0 Å². The Morgan fingerprint density at radius 1 is 1.18 bits per heavy atom. The van der Waals surface area contributed by atoms with E-state index in [1.54, 1.807) is 6.33 Å². The van der Waals surface area contributed by atoms with Gasteiger partial charge in [-0.25, -0.2) is 4.98 Å². The Morgan fingerprint density at radius 2 is 1.82 bits per heavy atom. The van der Waals surface area contributed by atoms with Gasteiger partial charge in [-0.2, -0.15) is 0 Å². The fraction of sp³-hybridized carbons (Fsp3) is 0.267. The minimum atomic E-state index is 1.05. The molecular formula is C15H18N2. The molecule has 0 bridgehead atoms. The molecule has 0 aliphatic rings. The van der Waals surface area contributed by atoms with Gasteiger partial charge >= 0.3 is 0 Å². The van der Waals surface area contributed by atoms with Gasteiger partial charge in [0.2, 0.25) is 0 Å². The summed E-state index contributed by atoms with van der Waals surface area (Å²) in [5.41, 5.74) is 7.27. The standard InChI is InChI=1S/C15H18N2/c1-10-6-5-7-11(2)14(10)8-12(3)15-13(4)16-9-17-15/h5-9H,1-4H3,(H,16,17). The maximum absolute atomic E-state index is 4.35. The van der Waals surface area contributed by atoms with Crippen molar-refractivity contribution in [1.29, 1.82) is 0 Å². The van der Waals surface area contributed by atoms with E-state index in [9.17, 15) is 0 Å². The van der Waals surface area contributed by atoms with E-state index < -0.39 is 0 Å². The van der Waals surface area contributed by atoms with Crippen LogP contribution in [0.2, 0.25) is 0 Å². The van der Waals surface area contributed by atoms with Crippen LogP contribution in [0.15, 0.2) is 24.5 Å². The molecule has 1 aromatic carbocycles. The number of nitrogens with zero attached hydrogens (tertiary/aromatic N) is 1. The number of aromatic amines is 1. The minimum absolute atomic E-state index is 1.05. The lowest BCUT2D eigenvalue weighted by Gasteiger charge is -2.06. The average molecular weight is 226 g/mol. The van der Waals surface area contributed by atoms with E-state index >= 15 is 0 Å². The fourth-order valence-electron chi connectivity index (χ4n) is 2.10. The first-order valence-electron chi connectivity index (χ1n) is 5.84. The molecule has 0 amide bonds. The van der Waals surface area contributed by atoms with Gasteiger partial charge in [-0.3, -0.25) is 0 Å². The van der Waals surface area contributed by atoms with E-state index in [1.165, 1.54) is 22.3 Å². The van der Waals surface area contributed by atoms with Crippen molar-refractivity contribution in [1.82, 2.24) is 9.97 Å². The molecule has 0 unspecified atom stereocenters. The number of allylic oxidation sites excluding steroid dienone is 1. The molecular weight excluding hydrogens is 208 g/mol. The molecule has 1 heterocycles. The summed E-state index contributed by atoms with van der Waals surface area (Å²) in [7, 11) is 0.